The number of hydrogen-bond donors (Lipinski definition) is 2. The molecule has 0 bridgehead atoms. The molecule has 3 heterocycles. The van der Waals surface area contributed by atoms with Gasteiger partial charge in [-0.3, -0.25) is 4.79 Å². The van der Waals surface area contributed by atoms with Crippen molar-refractivity contribution in [1.29, 1.82) is 0 Å². The van der Waals surface area contributed by atoms with Gasteiger partial charge in [0.1, 0.15) is 5.70 Å². The molecule has 7 nitrogen and oxygen atoms in total. The molecule has 1 aromatic rings. The lowest BCUT2D eigenvalue weighted by Crippen LogP contribution is -2.61. The summed E-state index contributed by atoms with van der Waals surface area (Å²) in [4.78, 5) is 25.8. The van der Waals surface area contributed by atoms with Gasteiger partial charge in [0.25, 0.3) is 0 Å². The molecule has 25 heavy (non-hydrogen) atoms. The molecule has 1 fully saturated rings. The Morgan fingerprint density at radius 3 is 2.96 bits per heavy atom. The van der Waals surface area contributed by atoms with Crippen molar-refractivity contribution < 1.29 is 29.1 Å². The highest BCUT2D eigenvalue weighted by molar-refractivity contribution is 8.03. The zero-order chi connectivity index (χ0) is 18.1. The summed E-state index contributed by atoms with van der Waals surface area (Å²) in [5.41, 5.74) is 0.0764. The van der Waals surface area contributed by atoms with Crippen molar-refractivity contribution in [3.63, 3.8) is 0 Å². The van der Waals surface area contributed by atoms with E-state index in [1.54, 1.807) is 14.0 Å². The van der Waals surface area contributed by atoms with Gasteiger partial charge < -0.3 is 19.8 Å². The third kappa shape index (κ3) is 3.23. The number of ether oxygens (including phenoxy) is 1. The first-order chi connectivity index (χ1) is 11.9. The molecule has 1 amide bonds. The molecule has 1 saturated heterocycles. The number of aliphatic hydroxyl groups is 1. The fourth-order valence-electron chi connectivity index (χ4n) is 3.39. The summed E-state index contributed by atoms with van der Waals surface area (Å²) in [6.07, 6.45) is 3.53. The Balaban J connectivity index is 1.67. The lowest BCUT2D eigenvalue weighted by atomic mass is 9.83. The number of carboxylic acids is 1. The molecule has 2 aliphatic rings. The second kappa shape index (κ2) is 7.05. The number of aromatic nitrogens is 1. The molecule has 0 saturated carbocycles. The predicted octanol–water partition coefficient (Wildman–Crippen LogP) is 0.624. The van der Waals surface area contributed by atoms with E-state index in [2.05, 4.69) is 0 Å². The summed E-state index contributed by atoms with van der Waals surface area (Å²) in [7, 11) is 1.61. The van der Waals surface area contributed by atoms with E-state index in [0.29, 0.717) is 23.6 Å². The molecule has 2 unspecified atom stereocenters. The summed E-state index contributed by atoms with van der Waals surface area (Å²) in [6, 6.07) is 3.52. The second-order valence-corrected chi connectivity index (χ2v) is 7.34. The molecule has 2 aliphatic heterocycles. The lowest BCUT2D eigenvalue weighted by molar-refractivity contribution is -0.692. The number of fused-ring (bicyclic) bond motifs is 1. The number of thioether (sulfide) groups is 1. The maximum atomic E-state index is 12.2. The predicted molar refractivity (Wildman–Crippen MR) is 90.7 cm³/mol. The molecular weight excluding hydrogens is 344 g/mol. The molecule has 134 valence electrons. The zero-order valence-electron chi connectivity index (χ0n) is 14.1. The minimum atomic E-state index is -1.09. The molecule has 1 aromatic heterocycles. The van der Waals surface area contributed by atoms with E-state index in [4.69, 9.17) is 4.74 Å². The van der Waals surface area contributed by atoms with E-state index in [9.17, 15) is 19.8 Å². The monoisotopic (exact) mass is 365 g/mol. The first kappa shape index (κ1) is 17.8. The van der Waals surface area contributed by atoms with E-state index in [1.165, 1.54) is 16.7 Å². The molecule has 8 heteroatoms. The lowest BCUT2D eigenvalue weighted by Gasteiger charge is -2.44. The fraction of sp³-hybridized carbons (Fsp3) is 0.471. The van der Waals surface area contributed by atoms with E-state index >= 15 is 0 Å². The number of amides is 1. The molecule has 2 N–H and O–H groups in total. The zero-order valence-corrected chi connectivity index (χ0v) is 14.9. The summed E-state index contributed by atoms with van der Waals surface area (Å²) in [6.45, 7) is 2.27. The number of carbonyl (C=O) groups excluding carboxylic acids is 1. The number of nitrogens with zero attached hydrogens (tertiary/aromatic N) is 2. The Morgan fingerprint density at radius 1 is 1.56 bits per heavy atom. The number of aryl methyl sites for hydroxylation is 1. The molecule has 3 atom stereocenters. The van der Waals surface area contributed by atoms with Crippen LogP contribution in [0.15, 0.2) is 35.1 Å². The second-order valence-electron chi connectivity index (χ2n) is 6.15. The van der Waals surface area contributed by atoms with Gasteiger partial charge in [-0.1, -0.05) is 0 Å². The minimum absolute atomic E-state index is 0.0764. The highest BCUT2D eigenvalue weighted by Crippen LogP contribution is 2.46. The van der Waals surface area contributed by atoms with Gasteiger partial charge in [0, 0.05) is 17.4 Å². The maximum absolute atomic E-state index is 12.2. The minimum Gasteiger partial charge on any atom is -0.491 e. The molecule has 0 aromatic carbocycles. The van der Waals surface area contributed by atoms with Crippen molar-refractivity contribution >= 4 is 23.6 Å². The number of rotatable bonds is 7. The Labute approximate surface area is 149 Å². The van der Waals surface area contributed by atoms with Crippen molar-refractivity contribution in [1.82, 2.24) is 4.90 Å². The Bertz CT molecular complexity index is 734. The van der Waals surface area contributed by atoms with Crippen LogP contribution in [-0.4, -0.2) is 52.0 Å². The first-order valence-corrected chi connectivity index (χ1v) is 9.06. The van der Waals surface area contributed by atoms with Gasteiger partial charge in [-0.25, -0.2) is 9.36 Å². The molecule has 0 aliphatic carbocycles. The summed E-state index contributed by atoms with van der Waals surface area (Å²) in [5, 5.41) is 19.2. The maximum Gasteiger partial charge on any atom is 0.353 e. The summed E-state index contributed by atoms with van der Waals surface area (Å²) in [5.74, 6) is -0.446. The van der Waals surface area contributed by atoms with Gasteiger partial charge in [0.2, 0.25) is 12.1 Å². The van der Waals surface area contributed by atoms with E-state index in [-0.39, 0.29) is 17.6 Å². The molecular formula is C17H21N2O5S+. The van der Waals surface area contributed by atoms with Crippen LogP contribution in [0, 0.1) is 5.92 Å². The average Bonchev–Trinajstić information content (AvgIpc) is 2.89. The number of carbonyl (C=O) groups is 2. The molecule has 3 rings (SSSR count). The number of pyridine rings is 1. The van der Waals surface area contributed by atoms with E-state index < -0.39 is 18.0 Å². The van der Waals surface area contributed by atoms with Crippen LogP contribution in [0.2, 0.25) is 0 Å². The van der Waals surface area contributed by atoms with Crippen molar-refractivity contribution in [2.24, 2.45) is 5.92 Å². The van der Waals surface area contributed by atoms with Gasteiger partial charge >= 0.3 is 5.97 Å². The van der Waals surface area contributed by atoms with E-state index in [0.717, 1.165) is 5.75 Å². The number of carboxylic acid groups (broad SMARTS) is 1. The number of aliphatic carboxylic acids is 1. The highest BCUT2D eigenvalue weighted by atomic mass is 32.2. The normalized spacial score (nSPS) is 23.3. The largest absolute Gasteiger partial charge is 0.491 e. The summed E-state index contributed by atoms with van der Waals surface area (Å²) >= 11 is 1.45. The van der Waals surface area contributed by atoms with Gasteiger partial charge in [-0.2, -0.15) is 0 Å². The smallest absolute Gasteiger partial charge is 0.353 e. The third-order valence-corrected chi connectivity index (χ3v) is 5.68. The van der Waals surface area contributed by atoms with Crippen LogP contribution in [0.5, 0.6) is 5.75 Å². The Morgan fingerprint density at radius 2 is 2.32 bits per heavy atom. The third-order valence-electron chi connectivity index (χ3n) is 4.58. The van der Waals surface area contributed by atoms with Crippen molar-refractivity contribution in [3.05, 3.63) is 35.1 Å². The topological polar surface area (TPSA) is 91.0 Å². The quantitative estimate of drug-likeness (QED) is 0.544. The van der Waals surface area contributed by atoms with Gasteiger partial charge in [0.15, 0.2) is 18.5 Å². The number of β-lactam (4-membered cyclic amide) rings is 1. The van der Waals surface area contributed by atoms with Gasteiger partial charge in [0.05, 0.1) is 30.9 Å². The van der Waals surface area contributed by atoms with Crippen molar-refractivity contribution in [2.75, 3.05) is 12.9 Å². The number of methoxy groups -OCH3 is 1. The standard InChI is InChI=1S/C17H20N2O5S/c1-10(20)14-12-8-13(15(17(22)23)19(12)16(14)21)25-7-6-18-5-3-4-11(9-18)24-2/h3-5,9-10,12,14,20H,6-8H2,1-2H3/p+1/t10-,12?,14?/m1/s1. The van der Waals surface area contributed by atoms with Crippen LogP contribution >= 0.6 is 11.8 Å². The molecule has 0 radical (unpaired) electrons. The number of aliphatic hydroxyl groups excluding tert-OH is 1. The first-order valence-electron chi connectivity index (χ1n) is 8.07. The van der Waals surface area contributed by atoms with Crippen LogP contribution in [0.25, 0.3) is 0 Å². The van der Waals surface area contributed by atoms with Crippen LogP contribution in [-0.2, 0) is 16.1 Å². The summed E-state index contributed by atoms with van der Waals surface area (Å²) < 4.78 is 7.16. The highest BCUT2D eigenvalue weighted by Gasteiger charge is 2.56. The van der Waals surface area contributed by atoms with Crippen LogP contribution in [0.1, 0.15) is 13.3 Å². The van der Waals surface area contributed by atoms with Gasteiger partial charge in [-0.15, -0.1) is 11.8 Å². The van der Waals surface area contributed by atoms with Gasteiger partial charge in [-0.05, 0) is 13.0 Å². The Kier molecular flexibility index (Phi) is 5.01. The van der Waals surface area contributed by atoms with Crippen molar-refractivity contribution in [3.8, 4) is 5.75 Å². The molecule has 0 spiro atoms. The van der Waals surface area contributed by atoms with Crippen LogP contribution in [0.3, 0.4) is 0 Å². The number of hydrogen-bond acceptors (Lipinski definition) is 5. The SMILES string of the molecule is COc1ccc[n+](CCSC2=C(C(=O)O)N3C(=O)C([C@@H](C)O)C3C2)c1. The van der Waals surface area contributed by atoms with Crippen LogP contribution in [0.4, 0.5) is 0 Å². The average molecular weight is 365 g/mol. The fourth-order valence-corrected chi connectivity index (χ4v) is 4.55. The Hall–Kier alpha value is -2.06. The van der Waals surface area contributed by atoms with Crippen LogP contribution < -0.4 is 9.30 Å². The van der Waals surface area contributed by atoms with Crippen molar-refractivity contribution in [2.45, 2.75) is 32.0 Å². The van der Waals surface area contributed by atoms with E-state index in [1.807, 2.05) is 29.1 Å².